The molecule has 1 heterocycles. The van der Waals surface area contributed by atoms with E-state index in [1.807, 2.05) is 39.0 Å². The van der Waals surface area contributed by atoms with Crippen LogP contribution in [0.1, 0.15) is 26.5 Å². The normalized spacial score (nSPS) is 13.2. The van der Waals surface area contributed by atoms with Crippen molar-refractivity contribution in [2.24, 2.45) is 5.41 Å². The van der Waals surface area contributed by atoms with Gasteiger partial charge in [-0.3, -0.25) is 0 Å². The molecule has 4 nitrogen and oxygen atoms in total. The van der Waals surface area contributed by atoms with Gasteiger partial charge in [-0.15, -0.1) is 0 Å². The van der Waals surface area contributed by atoms with Gasteiger partial charge in [0.1, 0.15) is 4.60 Å². The number of aromatic nitrogens is 1. The highest BCUT2D eigenvalue weighted by molar-refractivity contribution is 9.10. The molecular formula is C12H17BrN2O2. The Hall–Kier alpha value is -1.10. The van der Waals surface area contributed by atoms with Gasteiger partial charge in [0.05, 0.1) is 0 Å². The Balaban J connectivity index is 2.83. The maximum atomic E-state index is 10.8. The SMILES string of the molecule is CC(C)(C)C(Cc1cccc(Br)n1)NC(=O)O. The van der Waals surface area contributed by atoms with Crippen LogP contribution in [0.2, 0.25) is 0 Å². The molecule has 1 aromatic heterocycles. The molecule has 0 aromatic carbocycles. The average Bonchev–Trinajstić information content (AvgIpc) is 2.14. The lowest BCUT2D eigenvalue weighted by atomic mass is 9.84. The number of nitrogens with zero attached hydrogens (tertiary/aromatic N) is 1. The van der Waals surface area contributed by atoms with Gasteiger partial charge in [-0.2, -0.15) is 0 Å². The van der Waals surface area contributed by atoms with Crippen molar-refractivity contribution in [1.29, 1.82) is 0 Å². The van der Waals surface area contributed by atoms with E-state index in [-0.39, 0.29) is 11.5 Å². The first-order chi connectivity index (χ1) is 7.79. The predicted molar refractivity (Wildman–Crippen MR) is 70.0 cm³/mol. The summed E-state index contributed by atoms with van der Waals surface area (Å²) in [6.45, 7) is 6.02. The third kappa shape index (κ3) is 4.73. The van der Waals surface area contributed by atoms with Crippen molar-refractivity contribution in [2.75, 3.05) is 0 Å². The molecular weight excluding hydrogens is 284 g/mol. The van der Waals surface area contributed by atoms with Crippen molar-refractivity contribution in [1.82, 2.24) is 10.3 Å². The lowest BCUT2D eigenvalue weighted by molar-refractivity contribution is 0.174. The van der Waals surface area contributed by atoms with Crippen molar-refractivity contribution in [3.8, 4) is 0 Å². The number of amides is 1. The first-order valence-electron chi connectivity index (χ1n) is 5.40. The molecule has 0 radical (unpaired) electrons. The standard InChI is InChI=1S/C12H17BrN2O2/c1-12(2,3)9(15-11(16)17)7-8-5-4-6-10(13)14-8/h4-6,9,15H,7H2,1-3H3,(H,16,17). The van der Waals surface area contributed by atoms with Crippen molar-refractivity contribution < 1.29 is 9.90 Å². The first-order valence-corrected chi connectivity index (χ1v) is 6.19. The van der Waals surface area contributed by atoms with Gasteiger partial charge in [0.2, 0.25) is 0 Å². The molecule has 1 rings (SSSR count). The number of hydrogen-bond donors (Lipinski definition) is 2. The van der Waals surface area contributed by atoms with Crippen LogP contribution in [0.25, 0.3) is 0 Å². The van der Waals surface area contributed by atoms with Crippen LogP contribution in [-0.4, -0.2) is 22.2 Å². The first kappa shape index (κ1) is 14.0. The fourth-order valence-corrected chi connectivity index (χ4v) is 1.88. The van der Waals surface area contributed by atoms with Crippen LogP contribution in [0.15, 0.2) is 22.8 Å². The molecule has 5 heteroatoms. The van der Waals surface area contributed by atoms with Gasteiger partial charge in [0.15, 0.2) is 0 Å². The second-order valence-corrected chi connectivity index (χ2v) is 5.84. The van der Waals surface area contributed by atoms with E-state index in [1.54, 1.807) is 0 Å². The minimum Gasteiger partial charge on any atom is -0.465 e. The van der Waals surface area contributed by atoms with Crippen LogP contribution >= 0.6 is 15.9 Å². The summed E-state index contributed by atoms with van der Waals surface area (Å²) >= 11 is 3.31. The van der Waals surface area contributed by atoms with Crippen molar-refractivity contribution >= 4 is 22.0 Å². The van der Waals surface area contributed by atoms with E-state index in [9.17, 15) is 4.79 Å². The highest BCUT2D eigenvalue weighted by atomic mass is 79.9. The maximum Gasteiger partial charge on any atom is 0.404 e. The molecule has 0 fully saturated rings. The molecule has 17 heavy (non-hydrogen) atoms. The molecule has 1 atom stereocenters. The molecule has 0 aliphatic carbocycles. The second-order valence-electron chi connectivity index (χ2n) is 5.02. The van der Waals surface area contributed by atoms with E-state index in [1.165, 1.54) is 0 Å². The summed E-state index contributed by atoms with van der Waals surface area (Å²) in [6.07, 6.45) is -0.421. The Bertz CT molecular complexity index is 402. The Morgan fingerprint density at radius 3 is 2.65 bits per heavy atom. The highest BCUT2D eigenvalue weighted by Crippen LogP contribution is 2.22. The summed E-state index contributed by atoms with van der Waals surface area (Å²) in [5.74, 6) is 0. The van der Waals surface area contributed by atoms with Gasteiger partial charge >= 0.3 is 6.09 Å². The molecule has 0 aliphatic rings. The smallest absolute Gasteiger partial charge is 0.404 e. The Morgan fingerprint density at radius 1 is 1.53 bits per heavy atom. The summed E-state index contributed by atoms with van der Waals surface area (Å²) in [5.41, 5.74) is 0.718. The Morgan fingerprint density at radius 2 is 2.18 bits per heavy atom. The predicted octanol–water partition coefficient (Wildman–Crippen LogP) is 3.07. The molecule has 1 aromatic rings. The van der Waals surface area contributed by atoms with E-state index in [0.717, 1.165) is 10.3 Å². The van der Waals surface area contributed by atoms with E-state index >= 15 is 0 Å². The third-order valence-electron chi connectivity index (χ3n) is 2.53. The van der Waals surface area contributed by atoms with Crippen molar-refractivity contribution in [3.63, 3.8) is 0 Å². The topological polar surface area (TPSA) is 62.2 Å². The molecule has 0 saturated carbocycles. The number of pyridine rings is 1. The third-order valence-corrected chi connectivity index (χ3v) is 2.97. The molecule has 0 saturated heterocycles. The zero-order valence-corrected chi connectivity index (χ0v) is 11.8. The van der Waals surface area contributed by atoms with Gasteiger partial charge in [-0.25, -0.2) is 9.78 Å². The van der Waals surface area contributed by atoms with Gasteiger partial charge in [-0.1, -0.05) is 26.8 Å². The minimum atomic E-state index is -1.00. The van der Waals surface area contributed by atoms with Crippen LogP contribution in [0, 0.1) is 5.41 Å². The molecule has 0 bridgehead atoms. The Labute approximate surface area is 110 Å². The van der Waals surface area contributed by atoms with Crippen molar-refractivity contribution in [3.05, 3.63) is 28.5 Å². The number of carbonyl (C=O) groups is 1. The number of nitrogens with one attached hydrogen (secondary N) is 1. The van der Waals surface area contributed by atoms with Crippen LogP contribution < -0.4 is 5.32 Å². The molecule has 1 amide bonds. The van der Waals surface area contributed by atoms with E-state index in [4.69, 9.17) is 5.11 Å². The lowest BCUT2D eigenvalue weighted by Crippen LogP contribution is -2.44. The largest absolute Gasteiger partial charge is 0.465 e. The second kappa shape index (κ2) is 5.49. The zero-order chi connectivity index (χ0) is 13.1. The summed E-state index contributed by atoms with van der Waals surface area (Å²) in [6, 6.07) is 5.47. The summed E-state index contributed by atoms with van der Waals surface area (Å²) in [7, 11) is 0. The fraction of sp³-hybridized carbons (Fsp3) is 0.500. The molecule has 1 unspecified atom stereocenters. The monoisotopic (exact) mass is 300 g/mol. The number of carboxylic acid groups (broad SMARTS) is 1. The van der Waals surface area contributed by atoms with Crippen LogP contribution in [0.3, 0.4) is 0 Å². The molecule has 2 N–H and O–H groups in total. The van der Waals surface area contributed by atoms with Gasteiger partial charge in [0, 0.05) is 18.2 Å². The van der Waals surface area contributed by atoms with Gasteiger partial charge in [0.25, 0.3) is 0 Å². The number of hydrogen-bond acceptors (Lipinski definition) is 2. The van der Waals surface area contributed by atoms with Gasteiger partial charge in [-0.05, 0) is 33.5 Å². The average molecular weight is 301 g/mol. The summed E-state index contributed by atoms with van der Waals surface area (Å²) < 4.78 is 0.762. The minimum absolute atomic E-state index is 0.150. The van der Waals surface area contributed by atoms with E-state index in [0.29, 0.717) is 6.42 Å². The number of halogens is 1. The fourth-order valence-electron chi connectivity index (χ4n) is 1.50. The number of rotatable bonds is 3. The zero-order valence-electron chi connectivity index (χ0n) is 10.2. The van der Waals surface area contributed by atoms with E-state index in [2.05, 4.69) is 26.2 Å². The Kier molecular flexibility index (Phi) is 4.51. The maximum absolute atomic E-state index is 10.8. The summed E-state index contributed by atoms with van der Waals surface area (Å²) in [4.78, 5) is 15.1. The van der Waals surface area contributed by atoms with Crippen molar-refractivity contribution in [2.45, 2.75) is 33.2 Å². The molecule has 0 aliphatic heterocycles. The highest BCUT2D eigenvalue weighted by Gasteiger charge is 2.26. The van der Waals surface area contributed by atoms with Crippen LogP contribution in [0.5, 0.6) is 0 Å². The molecule has 94 valence electrons. The molecule has 0 spiro atoms. The lowest BCUT2D eigenvalue weighted by Gasteiger charge is -2.30. The quantitative estimate of drug-likeness (QED) is 0.843. The van der Waals surface area contributed by atoms with Gasteiger partial charge < -0.3 is 10.4 Å². The van der Waals surface area contributed by atoms with E-state index < -0.39 is 6.09 Å². The van der Waals surface area contributed by atoms with Crippen LogP contribution in [0.4, 0.5) is 4.79 Å². The van der Waals surface area contributed by atoms with Crippen LogP contribution in [-0.2, 0) is 6.42 Å². The summed E-state index contributed by atoms with van der Waals surface area (Å²) in [5, 5.41) is 11.4.